The summed E-state index contributed by atoms with van der Waals surface area (Å²) >= 11 is 0. The van der Waals surface area contributed by atoms with Crippen molar-refractivity contribution in [2.75, 3.05) is 40.8 Å². The van der Waals surface area contributed by atoms with Gasteiger partial charge in [0.25, 0.3) is 0 Å². The summed E-state index contributed by atoms with van der Waals surface area (Å²) in [6.45, 7) is 17.9. The molecule has 0 spiro atoms. The second kappa shape index (κ2) is 21.8. The van der Waals surface area contributed by atoms with Gasteiger partial charge in [0, 0.05) is 57.0 Å². The lowest BCUT2D eigenvalue weighted by Gasteiger charge is -2.47. The number of esters is 1. The SMILES string of the molecule is CC[C@@H](O)[C@@]1(C)OC(=O)N(CCCCN=[N+]=[N-])[C@@H]1[C@@H](Cc1ccccc1)NC[C@H](C)C[C@@](C)(OC)[C@H](O[C@@H]1OC(C)CC(N(C)C)C1P=O)[C@@H](C)C1=C(C)C(=O)OC(C)(C)O1. The van der Waals surface area contributed by atoms with Crippen molar-refractivity contribution in [3.63, 3.8) is 0 Å². The number of carbonyl (C=O) groups excluding carboxylic acids is 2. The highest BCUT2D eigenvalue weighted by atomic mass is 31.1. The van der Waals surface area contributed by atoms with Crippen LogP contribution in [-0.4, -0.2) is 133 Å². The molecular formula is C44H71N6O10P. The molecule has 0 aliphatic carbocycles. The summed E-state index contributed by atoms with van der Waals surface area (Å²) < 4.78 is 50.8. The molecule has 0 aromatic heterocycles. The number of hydrogen-bond donors (Lipinski definition) is 2. The summed E-state index contributed by atoms with van der Waals surface area (Å²) in [5, 5.41) is 18.9. The highest BCUT2D eigenvalue weighted by Gasteiger charge is 2.57. The van der Waals surface area contributed by atoms with Crippen molar-refractivity contribution in [1.82, 2.24) is 15.1 Å². The molecule has 17 heteroatoms. The Hall–Kier alpha value is -3.33. The maximum atomic E-state index is 13.7. The van der Waals surface area contributed by atoms with Crippen LogP contribution in [0.4, 0.5) is 4.79 Å². The van der Waals surface area contributed by atoms with E-state index >= 15 is 0 Å². The Morgan fingerprint density at radius 2 is 1.84 bits per heavy atom. The minimum atomic E-state index is -1.22. The summed E-state index contributed by atoms with van der Waals surface area (Å²) in [6, 6.07) is 9.02. The summed E-state index contributed by atoms with van der Waals surface area (Å²) in [5.74, 6) is -1.90. The van der Waals surface area contributed by atoms with Gasteiger partial charge in [-0.15, -0.1) is 0 Å². The van der Waals surface area contributed by atoms with Crippen LogP contribution < -0.4 is 5.32 Å². The lowest BCUT2D eigenvalue weighted by molar-refractivity contribution is -0.266. The number of unbranched alkanes of at least 4 members (excludes halogenated alkanes) is 1. The zero-order valence-electron chi connectivity index (χ0n) is 38.3. The van der Waals surface area contributed by atoms with Crippen LogP contribution in [0, 0.1) is 11.8 Å². The fourth-order valence-electron chi connectivity index (χ4n) is 9.40. The van der Waals surface area contributed by atoms with Crippen LogP contribution in [0.15, 0.2) is 46.8 Å². The molecule has 61 heavy (non-hydrogen) atoms. The number of nitrogens with zero attached hydrogens (tertiary/aromatic N) is 5. The Kier molecular flexibility index (Phi) is 18.0. The molecule has 0 radical (unpaired) electrons. The van der Waals surface area contributed by atoms with Crippen molar-refractivity contribution in [1.29, 1.82) is 0 Å². The molecule has 1 aromatic rings. The molecule has 3 aliphatic rings. The number of carbonyl (C=O) groups is 2. The van der Waals surface area contributed by atoms with Crippen LogP contribution in [0.5, 0.6) is 0 Å². The van der Waals surface area contributed by atoms with Crippen molar-refractivity contribution in [3.8, 4) is 0 Å². The van der Waals surface area contributed by atoms with Crippen LogP contribution in [0.25, 0.3) is 10.4 Å². The van der Waals surface area contributed by atoms with Gasteiger partial charge in [-0.3, -0.25) is 9.46 Å². The summed E-state index contributed by atoms with van der Waals surface area (Å²) in [5.41, 5.74) is 7.42. The number of cyclic esters (lactones) is 2. The van der Waals surface area contributed by atoms with Gasteiger partial charge in [-0.25, -0.2) is 9.59 Å². The molecule has 1 amide bonds. The minimum Gasteiger partial charge on any atom is -0.456 e. The minimum absolute atomic E-state index is 0.0721. The Bertz CT molecular complexity index is 1710. The average molecular weight is 875 g/mol. The molecule has 4 rings (SSSR count). The molecule has 12 atom stereocenters. The lowest BCUT2D eigenvalue weighted by Crippen LogP contribution is -2.61. The number of methoxy groups -OCH3 is 1. The van der Waals surface area contributed by atoms with Crippen molar-refractivity contribution in [2.45, 2.75) is 166 Å². The van der Waals surface area contributed by atoms with Crippen molar-refractivity contribution in [3.05, 3.63) is 57.7 Å². The molecule has 0 bridgehead atoms. The summed E-state index contributed by atoms with van der Waals surface area (Å²) in [7, 11) is 5.44. The largest absolute Gasteiger partial charge is 0.456 e. The first-order chi connectivity index (χ1) is 28.7. The van der Waals surface area contributed by atoms with Gasteiger partial charge < -0.3 is 43.7 Å². The number of aliphatic hydroxyl groups excluding tert-OH is 1. The van der Waals surface area contributed by atoms with Gasteiger partial charge in [0.1, 0.15) is 11.4 Å². The maximum absolute atomic E-state index is 13.7. The number of nitrogens with one attached hydrogen (secondary N) is 1. The number of amides is 1. The maximum Gasteiger partial charge on any atom is 0.410 e. The van der Waals surface area contributed by atoms with Crippen LogP contribution in [0.2, 0.25) is 0 Å². The molecular weight excluding hydrogens is 803 g/mol. The first-order valence-corrected chi connectivity index (χ1v) is 22.6. The van der Waals surface area contributed by atoms with Gasteiger partial charge in [-0.2, -0.15) is 0 Å². The number of azide groups is 1. The Morgan fingerprint density at radius 1 is 1.15 bits per heavy atom. The predicted octanol–water partition coefficient (Wildman–Crippen LogP) is 7.39. The molecule has 2 saturated heterocycles. The quantitative estimate of drug-likeness (QED) is 0.0277. The Balaban J connectivity index is 1.71. The third-order valence-electron chi connectivity index (χ3n) is 12.6. The Labute approximate surface area is 364 Å². The van der Waals surface area contributed by atoms with Crippen molar-refractivity contribution < 1.29 is 47.7 Å². The molecule has 3 unspecified atom stereocenters. The number of aliphatic hydroxyl groups is 1. The number of rotatable bonds is 23. The fourth-order valence-corrected chi connectivity index (χ4v) is 10.2. The standard InChI is InChI=1S/C44H71N6O10P/c1-13-34(51)44(9)37(50(41(53)60-44)22-18-17-21-47-48-45)32(24-31-19-15-14-16-20-31)46-26-27(2)25-43(8,55-12)38(29(4)35-30(5)39(52)59-42(6,7)58-35)57-40-36(61-54)33(49(10)11)23-28(3)56-40/h14-16,19-20,27-29,32-34,36-38,40,46,51H,13,17-18,21-26H2,1-12H3/t27-,28?,29+,32-,33?,34-,36?,37-,38-,40+,43-,44-/m1/s1. The molecule has 3 aliphatic heterocycles. The average Bonchev–Trinajstić information content (AvgIpc) is 3.47. The molecule has 342 valence electrons. The monoisotopic (exact) mass is 874 g/mol. The van der Waals surface area contributed by atoms with E-state index < -0.39 is 65.2 Å². The second-order valence-electron chi connectivity index (χ2n) is 18.2. The van der Waals surface area contributed by atoms with Gasteiger partial charge in [0.15, 0.2) is 20.4 Å². The third-order valence-corrected chi connectivity index (χ3v) is 13.5. The fraction of sp³-hybridized carbons (Fsp3) is 0.773. The first kappa shape index (κ1) is 50.3. The zero-order valence-corrected chi connectivity index (χ0v) is 39.2. The lowest BCUT2D eigenvalue weighted by atomic mass is 9.79. The second-order valence-corrected chi connectivity index (χ2v) is 19.0. The van der Waals surface area contributed by atoms with Gasteiger partial charge in [-0.05, 0) is 104 Å². The number of ether oxygens (including phenoxy) is 6. The Morgan fingerprint density at radius 3 is 2.44 bits per heavy atom. The normalized spacial score (nSPS) is 28.9. The van der Waals surface area contributed by atoms with Crippen LogP contribution in [0.3, 0.4) is 0 Å². The smallest absolute Gasteiger partial charge is 0.410 e. The van der Waals surface area contributed by atoms with E-state index in [2.05, 4.69) is 22.3 Å². The topological polar surface area (TPSA) is 194 Å². The van der Waals surface area contributed by atoms with E-state index in [-0.39, 0.29) is 32.6 Å². The van der Waals surface area contributed by atoms with Gasteiger partial charge in [0.05, 0.1) is 35.5 Å². The van der Waals surface area contributed by atoms with Gasteiger partial charge in [-0.1, -0.05) is 56.2 Å². The summed E-state index contributed by atoms with van der Waals surface area (Å²) in [6.07, 6.45) is -0.0103. The van der Waals surface area contributed by atoms with E-state index in [1.54, 1.807) is 32.8 Å². The zero-order chi connectivity index (χ0) is 45.3. The van der Waals surface area contributed by atoms with E-state index in [9.17, 15) is 19.3 Å². The van der Waals surface area contributed by atoms with E-state index in [4.69, 9.17) is 34.0 Å². The van der Waals surface area contributed by atoms with Crippen molar-refractivity contribution >= 4 is 20.5 Å². The van der Waals surface area contributed by atoms with Crippen LogP contribution >= 0.6 is 8.46 Å². The first-order valence-electron chi connectivity index (χ1n) is 21.7. The molecule has 2 N–H and O–H groups in total. The number of hydrogen-bond acceptors (Lipinski definition) is 13. The third kappa shape index (κ3) is 12.2. The molecule has 16 nitrogen and oxygen atoms in total. The van der Waals surface area contributed by atoms with E-state index in [1.165, 1.54) is 0 Å². The van der Waals surface area contributed by atoms with E-state index in [0.29, 0.717) is 69.5 Å². The predicted molar refractivity (Wildman–Crippen MR) is 232 cm³/mol. The van der Waals surface area contributed by atoms with E-state index in [1.807, 2.05) is 83.9 Å². The summed E-state index contributed by atoms with van der Waals surface area (Å²) in [4.78, 5) is 33.5. The van der Waals surface area contributed by atoms with Gasteiger partial charge >= 0.3 is 12.1 Å². The molecule has 0 saturated carbocycles. The highest BCUT2D eigenvalue weighted by molar-refractivity contribution is 7.25. The van der Waals surface area contributed by atoms with Crippen molar-refractivity contribution in [2.24, 2.45) is 17.0 Å². The molecule has 2 fully saturated rings. The van der Waals surface area contributed by atoms with E-state index in [0.717, 1.165) is 5.56 Å². The van der Waals surface area contributed by atoms with Gasteiger partial charge in [0.2, 0.25) is 5.79 Å². The van der Waals surface area contributed by atoms with Crippen LogP contribution in [-0.2, 0) is 44.2 Å². The number of benzene rings is 1. The van der Waals surface area contributed by atoms with Crippen LogP contribution in [0.1, 0.15) is 100.0 Å². The highest BCUT2D eigenvalue weighted by Crippen LogP contribution is 2.43. The molecule has 1 aromatic carbocycles. The molecule has 3 heterocycles.